The molecule has 41 heavy (non-hydrogen) atoms. The van der Waals surface area contributed by atoms with Crippen molar-refractivity contribution in [2.75, 3.05) is 18.0 Å². The first-order chi connectivity index (χ1) is 19.6. The number of benzene rings is 3. The molecule has 1 unspecified atom stereocenters. The molecule has 1 fully saturated rings. The van der Waals surface area contributed by atoms with Crippen molar-refractivity contribution in [1.29, 1.82) is 5.26 Å². The van der Waals surface area contributed by atoms with E-state index in [0.29, 0.717) is 22.9 Å². The van der Waals surface area contributed by atoms with Crippen LogP contribution in [-0.2, 0) is 11.0 Å². The van der Waals surface area contributed by atoms with E-state index in [1.54, 1.807) is 0 Å². The molecule has 0 bridgehead atoms. The molecule has 11 heteroatoms. The highest BCUT2D eigenvalue weighted by Gasteiger charge is 2.33. The summed E-state index contributed by atoms with van der Waals surface area (Å²) in [5.74, 6) is -1.23. The summed E-state index contributed by atoms with van der Waals surface area (Å²) in [6, 6.07) is 23.0. The number of aromatic nitrogens is 1. The fourth-order valence-electron chi connectivity index (χ4n) is 5.01. The molecule has 1 saturated heterocycles. The van der Waals surface area contributed by atoms with Crippen LogP contribution in [0.2, 0.25) is 0 Å². The van der Waals surface area contributed by atoms with Crippen LogP contribution in [0.1, 0.15) is 10.4 Å². The monoisotopic (exact) mass is 607 g/mol. The van der Waals surface area contributed by atoms with Gasteiger partial charge in [0.1, 0.15) is 10.9 Å². The number of aliphatic carboxylic acids is 1. The number of hydrogen-bond acceptors (Lipinski definition) is 5. The third kappa shape index (κ3) is 5.10. The number of halogens is 3. The van der Waals surface area contributed by atoms with E-state index >= 15 is 0 Å². The van der Waals surface area contributed by atoms with Crippen molar-refractivity contribution in [3.8, 4) is 28.5 Å². The first-order valence-electron chi connectivity index (χ1n) is 12.5. The molecule has 0 aliphatic carbocycles. The van der Waals surface area contributed by atoms with E-state index in [1.807, 2.05) is 62.8 Å². The van der Waals surface area contributed by atoms with Crippen LogP contribution >= 0.6 is 32.5 Å². The van der Waals surface area contributed by atoms with E-state index in [0.717, 1.165) is 56.4 Å². The zero-order chi connectivity index (χ0) is 28.9. The maximum Gasteiger partial charge on any atom is 0.416 e. The number of carboxylic acids is 1. The Morgan fingerprint density at radius 2 is 1.83 bits per heavy atom. The number of hydrogen-bond donors (Lipinski definition) is 1. The van der Waals surface area contributed by atoms with Gasteiger partial charge in [0, 0.05) is 45.7 Å². The lowest BCUT2D eigenvalue weighted by Crippen LogP contribution is -2.50. The van der Waals surface area contributed by atoms with Crippen molar-refractivity contribution in [1.82, 2.24) is 3.97 Å². The molecule has 5 nitrogen and oxygen atoms in total. The van der Waals surface area contributed by atoms with Crippen molar-refractivity contribution in [3.63, 3.8) is 0 Å². The van der Waals surface area contributed by atoms with E-state index in [1.165, 1.54) is 35.4 Å². The number of carboxylic acid groups (broad SMARTS) is 1. The Balaban J connectivity index is 1.56. The Bertz CT molecular complexity index is 1830. The fourth-order valence-corrected chi connectivity index (χ4v) is 6.98. The van der Waals surface area contributed by atoms with E-state index < -0.39 is 23.6 Å². The van der Waals surface area contributed by atoms with Crippen molar-refractivity contribution < 1.29 is 23.1 Å². The van der Waals surface area contributed by atoms with Gasteiger partial charge in [-0.2, -0.15) is 18.4 Å². The molecule has 3 aromatic carbocycles. The second-order valence-electron chi connectivity index (χ2n) is 9.67. The van der Waals surface area contributed by atoms with Gasteiger partial charge in [-0.05, 0) is 77.2 Å². The first kappa shape index (κ1) is 27.4. The van der Waals surface area contributed by atoms with Crippen molar-refractivity contribution in [2.24, 2.45) is 5.92 Å². The quantitative estimate of drug-likeness (QED) is 0.203. The molecule has 2 aromatic heterocycles. The summed E-state index contributed by atoms with van der Waals surface area (Å²) in [7, 11) is 2.69. The van der Waals surface area contributed by atoms with Crippen molar-refractivity contribution in [3.05, 3.63) is 88.6 Å². The van der Waals surface area contributed by atoms with Crippen LogP contribution in [0.25, 0.3) is 33.3 Å². The molecule has 0 saturated carbocycles. The Labute approximate surface area is 244 Å². The van der Waals surface area contributed by atoms with Gasteiger partial charge in [-0.1, -0.05) is 18.2 Å². The van der Waals surface area contributed by atoms with Crippen LogP contribution < -0.4 is 10.2 Å². The second kappa shape index (κ2) is 10.6. The van der Waals surface area contributed by atoms with Gasteiger partial charge in [0.15, 0.2) is 0 Å². The first-order valence-corrected chi connectivity index (χ1v) is 14.7. The summed E-state index contributed by atoms with van der Waals surface area (Å²) in [4.78, 5) is 14.6. The minimum absolute atomic E-state index is 0.411. The standard InChI is InChI=1S/C30H21F3N3O2PS2/c31-30(32,33)19-4-7-22(8-5-19)41-36-25-9-6-21(39)13-24(25)27(23-10-11-40-26(23)14-34)28(36)17-2-1-3-20(12-17)35-15-18(16-35)29(37)38/h1-13,18H,15-16,39H2,(H,37,38). The number of rotatable bonds is 6. The maximum atomic E-state index is 13.2. The summed E-state index contributed by atoms with van der Waals surface area (Å²) in [5, 5.41) is 23.0. The average molecular weight is 608 g/mol. The lowest BCUT2D eigenvalue weighted by molar-refractivity contribution is -0.142. The lowest BCUT2D eigenvalue weighted by Gasteiger charge is -2.38. The van der Waals surface area contributed by atoms with Gasteiger partial charge in [-0.3, -0.25) is 8.77 Å². The molecular weight excluding hydrogens is 586 g/mol. The van der Waals surface area contributed by atoms with E-state index in [2.05, 4.69) is 15.3 Å². The highest BCUT2D eigenvalue weighted by atomic mass is 32.2. The Kier molecular flexibility index (Phi) is 7.06. The molecule has 5 aromatic rings. The SMILES string of the molecule is N#Cc1sccc1-c1c(-c2cccc(N3CC(C(=O)O)C3)c2)n(Sc2ccc(C(F)(F)F)cc2)c2ccc(P)cc12. The highest BCUT2D eigenvalue weighted by Crippen LogP contribution is 2.47. The smallest absolute Gasteiger partial charge is 0.416 e. The van der Waals surface area contributed by atoms with E-state index in [4.69, 9.17) is 0 Å². The predicted molar refractivity (Wildman–Crippen MR) is 161 cm³/mol. The van der Waals surface area contributed by atoms with Crippen LogP contribution in [0, 0.1) is 17.2 Å². The topological polar surface area (TPSA) is 69.3 Å². The zero-order valence-electron chi connectivity index (χ0n) is 21.2. The average Bonchev–Trinajstić information content (AvgIpc) is 3.49. The number of alkyl halides is 3. The molecule has 0 amide bonds. The minimum atomic E-state index is -4.43. The van der Waals surface area contributed by atoms with Crippen LogP contribution in [-0.4, -0.2) is 28.1 Å². The summed E-state index contributed by atoms with van der Waals surface area (Å²) < 4.78 is 41.7. The number of nitriles is 1. The fraction of sp³-hybridized carbons (Fsp3) is 0.133. The summed E-state index contributed by atoms with van der Waals surface area (Å²) >= 11 is 2.65. The number of thiophene rings is 1. The predicted octanol–water partition coefficient (Wildman–Crippen LogP) is 7.50. The van der Waals surface area contributed by atoms with Crippen LogP contribution in [0.4, 0.5) is 18.9 Å². The third-order valence-corrected chi connectivity index (χ3v) is 9.30. The Morgan fingerprint density at radius 1 is 1.07 bits per heavy atom. The van der Waals surface area contributed by atoms with Gasteiger partial charge >= 0.3 is 12.1 Å². The minimum Gasteiger partial charge on any atom is -0.481 e. The van der Waals surface area contributed by atoms with Gasteiger partial charge in [0.25, 0.3) is 0 Å². The number of carbonyl (C=O) groups is 1. The zero-order valence-corrected chi connectivity index (χ0v) is 24.0. The van der Waals surface area contributed by atoms with Gasteiger partial charge in [-0.25, -0.2) is 0 Å². The van der Waals surface area contributed by atoms with E-state index in [-0.39, 0.29) is 0 Å². The molecule has 1 aliphatic heterocycles. The van der Waals surface area contributed by atoms with Crippen molar-refractivity contribution in [2.45, 2.75) is 11.1 Å². The molecule has 1 atom stereocenters. The third-order valence-electron chi connectivity index (χ3n) is 7.08. The Morgan fingerprint density at radius 3 is 2.51 bits per heavy atom. The van der Waals surface area contributed by atoms with Crippen LogP contribution in [0.3, 0.4) is 0 Å². The summed E-state index contributed by atoms with van der Waals surface area (Å²) in [6.45, 7) is 0.822. The van der Waals surface area contributed by atoms with Gasteiger partial charge in [0.2, 0.25) is 0 Å². The molecule has 1 aliphatic rings. The second-order valence-corrected chi connectivity index (χ2v) is 12.3. The molecule has 206 valence electrons. The molecule has 3 heterocycles. The molecule has 1 N–H and O–H groups in total. The molecular formula is C30H21F3N3O2PS2. The van der Waals surface area contributed by atoms with Gasteiger partial charge in [-0.15, -0.1) is 20.6 Å². The highest BCUT2D eigenvalue weighted by molar-refractivity contribution is 7.98. The number of nitrogens with zero attached hydrogens (tertiary/aromatic N) is 3. The van der Waals surface area contributed by atoms with Crippen LogP contribution in [0.15, 0.2) is 83.1 Å². The van der Waals surface area contributed by atoms with Crippen molar-refractivity contribution >= 4 is 60.4 Å². The summed E-state index contributed by atoms with van der Waals surface area (Å²) in [5.41, 5.74) is 4.28. The lowest BCUT2D eigenvalue weighted by atomic mass is 9.96. The van der Waals surface area contributed by atoms with Gasteiger partial charge in [0.05, 0.1) is 22.7 Å². The molecule has 0 radical (unpaired) electrons. The Hall–Kier alpha value is -3.77. The number of fused-ring (bicyclic) bond motifs is 1. The van der Waals surface area contributed by atoms with Gasteiger partial charge < -0.3 is 10.0 Å². The van der Waals surface area contributed by atoms with E-state index in [9.17, 15) is 28.3 Å². The number of anilines is 1. The largest absolute Gasteiger partial charge is 0.481 e. The molecule has 0 spiro atoms. The van der Waals surface area contributed by atoms with Crippen LogP contribution in [0.5, 0.6) is 0 Å². The normalized spacial score (nSPS) is 13.8. The molecule has 6 rings (SSSR count). The maximum absolute atomic E-state index is 13.2. The summed E-state index contributed by atoms with van der Waals surface area (Å²) in [6.07, 6.45) is -4.43.